The average Bonchev–Trinajstić information content (AvgIpc) is 2.72. The van der Waals surface area contributed by atoms with Crippen LogP contribution in [0, 0.1) is 15.5 Å². The number of ether oxygens (including phenoxy) is 2. The van der Waals surface area contributed by atoms with Crippen molar-refractivity contribution in [2.24, 2.45) is 5.41 Å². The summed E-state index contributed by atoms with van der Waals surface area (Å²) in [5, 5.41) is 10.8. The third kappa shape index (κ3) is 5.23. The first-order valence-corrected chi connectivity index (χ1v) is 9.52. The molecule has 0 unspecified atom stereocenters. The molecule has 3 aromatic carbocycles. The van der Waals surface area contributed by atoms with Gasteiger partial charge in [-0.15, -0.1) is 0 Å². The molecular weight excluding hydrogens is 382 g/mol. The first-order chi connectivity index (χ1) is 14.2. The topological polar surface area (TPSA) is 78.7 Å². The van der Waals surface area contributed by atoms with E-state index in [-0.39, 0.29) is 16.9 Å². The van der Waals surface area contributed by atoms with Crippen molar-refractivity contribution in [3.63, 3.8) is 0 Å². The molecule has 0 aliphatic carbocycles. The van der Waals surface area contributed by atoms with Gasteiger partial charge in [-0.3, -0.25) is 10.1 Å². The van der Waals surface area contributed by atoms with Crippen molar-refractivity contribution < 1.29 is 19.2 Å². The van der Waals surface area contributed by atoms with Gasteiger partial charge in [-0.05, 0) is 34.9 Å². The Balaban J connectivity index is 1.80. The lowest BCUT2D eigenvalue weighted by Crippen LogP contribution is -2.25. The molecule has 0 aromatic heterocycles. The van der Waals surface area contributed by atoms with E-state index in [4.69, 9.17) is 9.47 Å². The lowest BCUT2D eigenvalue weighted by molar-refractivity contribution is -0.384. The van der Waals surface area contributed by atoms with Gasteiger partial charge >= 0.3 is 6.16 Å². The zero-order chi connectivity index (χ0) is 21.7. The number of hydrogen-bond acceptors (Lipinski definition) is 5. The van der Waals surface area contributed by atoms with Gasteiger partial charge in [0.1, 0.15) is 11.9 Å². The van der Waals surface area contributed by atoms with Crippen LogP contribution in [0.25, 0.3) is 11.1 Å². The molecule has 154 valence electrons. The number of rotatable bonds is 5. The van der Waals surface area contributed by atoms with Crippen LogP contribution in [0.3, 0.4) is 0 Å². The number of carbonyl (C=O) groups excluding carboxylic acids is 1. The molecule has 6 heteroatoms. The summed E-state index contributed by atoms with van der Waals surface area (Å²) in [5.74, 6) is 0.177. The van der Waals surface area contributed by atoms with E-state index in [9.17, 15) is 14.9 Å². The first kappa shape index (κ1) is 21.0. The summed E-state index contributed by atoms with van der Waals surface area (Å²) in [6.07, 6.45) is -1.42. The number of nitrogens with zero attached hydrogens (tertiary/aromatic N) is 1. The van der Waals surface area contributed by atoms with E-state index in [1.807, 2.05) is 75.4 Å². The molecule has 0 amide bonds. The standard InChI is InChI=1S/C24H23NO5/c1-24(2,3)22(19-11-7-10-18(16-19)17-8-5-4-6-9-17)30-23(26)29-21-14-12-20(13-15-21)25(27)28/h4-16,22H,1-3H3/t22-/m0/s1. The minimum atomic E-state index is -0.867. The molecule has 0 aliphatic heterocycles. The summed E-state index contributed by atoms with van der Waals surface area (Å²) < 4.78 is 10.9. The second-order valence-corrected chi connectivity index (χ2v) is 7.96. The van der Waals surface area contributed by atoms with Crippen LogP contribution in [0.1, 0.15) is 32.4 Å². The van der Waals surface area contributed by atoms with Gasteiger partial charge in [0, 0.05) is 17.5 Å². The van der Waals surface area contributed by atoms with Gasteiger partial charge in [-0.25, -0.2) is 4.79 Å². The third-order valence-corrected chi connectivity index (χ3v) is 4.55. The molecule has 0 saturated heterocycles. The van der Waals surface area contributed by atoms with Crippen molar-refractivity contribution in [2.45, 2.75) is 26.9 Å². The molecule has 0 spiro atoms. The second kappa shape index (κ2) is 8.78. The Kier molecular flexibility index (Phi) is 6.16. The van der Waals surface area contributed by atoms with Crippen LogP contribution >= 0.6 is 0 Å². The number of benzene rings is 3. The van der Waals surface area contributed by atoms with E-state index in [1.165, 1.54) is 24.3 Å². The van der Waals surface area contributed by atoms with Gasteiger partial charge in [0.05, 0.1) is 4.92 Å². The fourth-order valence-corrected chi connectivity index (χ4v) is 3.11. The first-order valence-electron chi connectivity index (χ1n) is 9.52. The Morgan fingerprint density at radius 3 is 2.13 bits per heavy atom. The Hall–Kier alpha value is -3.67. The highest BCUT2D eigenvalue weighted by molar-refractivity contribution is 5.66. The maximum absolute atomic E-state index is 12.4. The lowest BCUT2D eigenvalue weighted by atomic mass is 9.84. The highest BCUT2D eigenvalue weighted by Crippen LogP contribution is 2.38. The van der Waals surface area contributed by atoms with Crippen LogP contribution in [0.2, 0.25) is 0 Å². The second-order valence-electron chi connectivity index (χ2n) is 7.96. The number of carbonyl (C=O) groups is 1. The van der Waals surface area contributed by atoms with Crippen molar-refractivity contribution in [2.75, 3.05) is 0 Å². The molecule has 0 bridgehead atoms. The van der Waals surface area contributed by atoms with Gasteiger partial charge in [0.15, 0.2) is 0 Å². The van der Waals surface area contributed by atoms with E-state index in [2.05, 4.69) is 0 Å². The molecule has 1 atom stereocenters. The van der Waals surface area contributed by atoms with Crippen molar-refractivity contribution >= 4 is 11.8 Å². The number of non-ortho nitro benzene ring substituents is 1. The lowest BCUT2D eigenvalue weighted by Gasteiger charge is -2.30. The zero-order valence-corrected chi connectivity index (χ0v) is 17.1. The van der Waals surface area contributed by atoms with Crippen LogP contribution in [-0.2, 0) is 4.74 Å². The molecule has 0 N–H and O–H groups in total. The molecular formula is C24H23NO5. The van der Waals surface area contributed by atoms with Crippen molar-refractivity contribution in [1.82, 2.24) is 0 Å². The summed E-state index contributed by atoms with van der Waals surface area (Å²) in [4.78, 5) is 22.7. The van der Waals surface area contributed by atoms with Gasteiger partial charge in [0.25, 0.3) is 5.69 Å². The fourth-order valence-electron chi connectivity index (χ4n) is 3.11. The van der Waals surface area contributed by atoms with Crippen LogP contribution in [0.4, 0.5) is 10.5 Å². The molecule has 3 aromatic rings. The van der Waals surface area contributed by atoms with E-state index in [0.717, 1.165) is 16.7 Å². The Bertz CT molecular complexity index is 1020. The largest absolute Gasteiger partial charge is 0.514 e. The molecule has 30 heavy (non-hydrogen) atoms. The Morgan fingerprint density at radius 1 is 0.900 bits per heavy atom. The smallest absolute Gasteiger partial charge is 0.425 e. The Morgan fingerprint density at radius 2 is 1.53 bits per heavy atom. The summed E-state index contributed by atoms with van der Waals surface area (Å²) in [6.45, 7) is 5.93. The van der Waals surface area contributed by atoms with E-state index < -0.39 is 17.2 Å². The van der Waals surface area contributed by atoms with Crippen LogP contribution in [0.15, 0.2) is 78.9 Å². The minimum absolute atomic E-state index is 0.0824. The van der Waals surface area contributed by atoms with E-state index >= 15 is 0 Å². The van der Waals surface area contributed by atoms with Crippen molar-refractivity contribution in [3.05, 3.63) is 94.5 Å². The maximum Gasteiger partial charge on any atom is 0.514 e. The summed E-state index contributed by atoms with van der Waals surface area (Å²) in [7, 11) is 0. The number of nitro groups is 1. The monoisotopic (exact) mass is 405 g/mol. The minimum Gasteiger partial charge on any atom is -0.425 e. The Labute approximate surface area is 175 Å². The van der Waals surface area contributed by atoms with Crippen LogP contribution in [0.5, 0.6) is 5.75 Å². The summed E-state index contributed by atoms with van der Waals surface area (Å²) >= 11 is 0. The van der Waals surface area contributed by atoms with Crippen LogP contribution < -0.4 is 4.74 Å². The average molecular weight is 405 g/mol. The molecule has 0 radical (unpaired) electrons. The quantitative estimate of drug-likeness (QED) is 0.208. The predicted molar refractivity (Wildman–Crippen MR) is 114 cm³/mol. The molecule has 6 nitrogen and oxygen atoms in total. The maximum atomic E-state index is 12.4. The zero-order valence-electron chi connectivity index (χ0n) is 17.1. The molecule has 0 heterocycles. The normalized spacial score (nSPS) is 12.1. The SMILES string of the molecule is CC(C)(C)[C@@H](OC(=O)Oc1ccc([N+](=O)[O-])cc1)c1cccc(-c2ccccc2)c1. The summed E-state index contributed by atoms with van der Waals surface area (Å²) in [5.41, 5.74) is 2.48. The van der Waals surface area contributed by atoms with E-state index in [1.54, 1.807) is 0 Å². The van der Waals surface area contributed by atoms with E-state index in [0.29, 0.717) is 0 Å². The molecule has 3 rings (SSSR count). The van der Waals surface area contributed by atoms with Crippen LogP contribution in [-0.4, -0.2) is 11.1 Å². The van der Waals surface area contributed by atoms with Gasteiger partial charge < -0.3 is 9.47 Å². The van der Waals surface area contributed by atoms with Gasteiger partial charge in [-0.2, -0.15) is 0 Å². The molecule has 0 saturated carbocycles. The highest BCUT2D eigenvalue weighted by Gasteiger charge is 2.31. The fraction of sp³-hybridized carbons (Fsp3) is 0.208. The summed E-state index contributed by atoms with van der Waals surface area (Å²) in [6, 6.07) is 23.1. The highest BCUT2D eigenvalue weighted by atomic mass is 16.7. The van der Waals surface area contributed by atoms with Crippen molar-refractivity contribution in [1.29, 1.82) is 0 Å². The number of hydrogen-bond donors (Lipinski definition) is 0. The van der Waals surface area contributed by atoms with Gasteiger partial charge in [-0.1, -0.05) is 69.3 Å². The number of nitro benzene ring substituents is 1. The molecule has 0 fully saturated rings. The molecule has 0 aliphatic rings. The van der Waals surface area contributed by atoms with Crippen molar-refractivity contribution in [3.8, 4) is 16.9 Å². The third-order valence-electron chi connectivity index (χ3n) is 4.55. The van der Waals surface area contributed by atoms with Gasteiger partial charge in [0.2, 0.25) is 0 Å². The predicted octanol–water partition coefficient (Wildman–Crippen LogP) is 6.56.